The van der Waals surface area contributed by atoms with Crippen LogP contribution in [0.3, 0.4) is 0 Å². The van der Waals surface area contributed by atoms with Gasteiger partial charge in [-0.2, -0.15) is 0 Å². The number of amides is 1. The zero-order chi connectivity index (χ0) is 19.1. The fraction of sp³-hybridized carbons (Fsp3) is 0.900. The van der Waals surface area contributed by atoms with Crippen molar-refractivity contribution in [2.24, 2.45) is 0 Å². The van der Waals surface area contributed by atoms with Crippen LogP contribution in [-0.2, 0) is 9.59 Å². The standard InChI is InChI=1S/C20H38N2O3/c1-19(2)14-16(15-20(3,4)22(19)5)21-17(23)12-10-8-6-7-9-11-13-18(24)25/h16H,6-15H2,1-5H3,(H,21,23)(H,24,25). The maximum Gasteiger partial charge on any atom is 0.303 e. The molecule has 146 valence electrons. The lowest BCUT2D eigenvalue weighted by Crippen LogP contribution is -2.62. The molecule has 1 saturated heterocycles. The van der Waals surface area contributed by atoms with Crippen LogP contribution in [0.2, 0.25) is 0 Å². The molecule has 2 N–H and O–H groups in total. The monoisotopic (exact) mass is 354 g/mol. The van der Waals surface area contributed by atoms with Crippen LogP contribution in [0.25, 0.3) is 0 Å². The van der Waals surface area contributed by atoms with Crippen molar-refractivity contribution in [3.05, 3.63) is 0 Å². The SMILES string of the molecule is CN1C(C)(C)CC(NC(=O)CCCCCCCCC(=O)O)CC1(C)C. The molecule has 1 heterocycles. The van der Waals surface area contributed by atoms with Gasteiger partial charge in [0, 0.05) is 30.0 Å². The summed E-state index contributed by atoms with van der Waals surface area (Å²) in [5.41, 5.74) is 0.186. The molecule has 0 aromatic heterocycles. The quantitative estimate of drug-likeness (QED) is 0.583. The van der Waals surface area contributed by atoms with Gasteiger partial charge in [-0.1, -0.05) is 25.7 Å². The molecule has 0 aromatic rings. The largest absolute Gasteiger partial charge is 0.481 e. The van der Waals surface area contributed by atoms with E-state index in [4.69, 9.17) is 5.11 Å². The first kappa shape index (κ1) is 21.9. The zero-order valence-electron chi connectivity index (χ0n) is 16.9. The fourth-order valence-electron chi connectivity index (χ4n) is 4.04. The van der Waals surface area contributed by atoms with Gasteiger partial charge >= 0.3 is 5.97 Å². The molecule has 0 saturated carbocycles. The molecule has 1 fully saturated rings. The maximum atomic E-state index is 12.2. The van der Waals surface area contributed by atoms with E-state index in [0.29, 0.717) is 6.42 Å². The van der Waals surface area contributed by atoms with Gasteiger partial charge in [-0.3, -0.25) is 14.5 Å². The van der Waals surface area contributed by atoms with Gasteiger partial charge in [0.15, 0.2) is 0 Å². The van der Waals surface area contributed by atoms with Crippen LogP contribution in [0.15, 0.2) is 0 Å². The van der Waals surface area contributed by atoms with Gasteiger partial charge < -0.3 is 10.4 Å². The predicted molar refractivity (Wildman–Crippen MR) is 102 cm³/mol. The Labute approximate surface area is 153 Å². The zero-order valence-corrected chi connectivity index (χ0v) is 16.9. The Hall–Kier alpha value is -1.10. The van der Waals surface area contributed by atoms with Crippen LogP contribution >= 0.6 is 0 Å². The van der Waals surface area contributed by atoms with E-state index in [1.54, 1.807) is 0 Å². The number of hydrogen-bond acceptors (Lipinski definition) is 3. The Kier molecular flexibility index (Phi) is 8.39. The molecule has 5 nitrogen and oxygen atoms in total. The third kappa shape index (κ3) is 7.76. The van der Waals surface area contributed by atoms with Gasteiger partial charge in [-0.05, 0) is 60.4 Å². The van der Waals surface area contributed by atoms with Crippen molar-refractivity contribution < 1.29 is 14.7 Å². The topological polar surface area (TPSA) is 69.6 Å². The van der Waals surface area contributed by atoms with Gasteiger partial charge in [0.1, 0.15) is 0 Å². The number of nitrogens with zero attached hydrogens (tertiary/aromatic N) is 1. The van der Waals surface area contributed by atoms with Crippen molar-refractivity contribution in [2.75, 3.05) is 7.05 Å². The van der Waals surface area contributed by atoms with E-state index in [9.17, 15) is 9.59 Å². The Morgan fingerprint density at radius 3 is 1.84 bits per heavy atom. The molecule has 5 heteroatoms. The van der Waals surface area contributed by atoms with Gasteiger partial charge in [-0.15, -0.1) is 0 Å². The summed E-state index contributed by atoms with van der Waals surface area (Å²) >= 11 is 0. The average Bonchev–Trinajstić information content (AvgIpc) is 2.46. The van der Waals surface area contributed by atoms with Gasteiger partial charge in [0.25, 0.3) is 0 Å². The molecule has 0 unspecified atom stereocenters. The number of carboxylic acids is 1. The second kappa shape index (κ2) is 9.56. The lowest BCUT2D eigenvalue weighted by Gasteiger charge is -2.53. The Morgan fingerprint density at radius 1 is 0.920 bits per heavy atom. The number of carboxylic acid groups (broad SMARTS) is 1. The number of carbonyl (C=O) groups excluding carboxylic acids is 1. The van der Waals surface area contributed by atoms with Gasteiger partial charge in [0.05, 0.1) is 0 Å². The fourth-order valence-corrected chi connectivity index (χ4v) is 4.04. The minimum atomic E-state index is -0.711. The van der Waals surface area contributed by atoms with Gasteiger partial charge in [0.2, 0.25) is 5.91 Å². The van der Waals surface area contributed by atoms with Crippen molar-refractivity contribution in [3.8, 4) is 0 Å². The summed E-state index contributed by atoms with van der Waals surface area (Å²) in [4.78, 5) is 25.1. The van der Waals surface area contributed by atoms with E-state index in [1.165, 1.54) is 0 Å². The molecule has 0 atom stereocenters. The lowest BCUT2D eigenvalue weighted by molar-refractivity contribution is -0.137. The Morgan fingerprint density at radius 2 is 1.36 bits per heavy atom. The molecule has 0 aromatic carbocycles. The number of aliphatic carboxylic acids is 1. The third-order valence-electron chi connectivity index (χ3n) is 5.72. The van der Waals surface area contributed by atoms with E-state index in [0.717, 1.165) is 51.4 Å². The number of hydrogen-bond donors (Lipinski definition) is 2. The van der Waals surface area contributed by atoms with Crippen molar-refractivity contribution >= 4 is 11.9 Å². The van der Waals surface area contributed by atoms with E-state index >= 15 is 0 Å². The molecule has 1 amide bonds. The average molecular weight is 355 g/mol. The van der Waals surface area contributed by atoms with Crippen molar-refractivity contribution in [2.45, 2.75) is 109 Å². The summed E-state index contributed by atoms with van der Waals surface area (Å²) in [5, 5.41) is 11.8. The number of likely N-dealkylation sites (tertiary alicyclic amines) is 1. The summed E-state index contributed by atoms with van der Waals surface area (Å²) in [5.74, 6) is -0.538. The first-order valence-corrected chi connectivity index (χ1v) is 9.80. The molecule has 0 radical (unpaired) electrons. The number of nitrogens with one attached hydrogen (secondary N) is 1. The van der Waals surface area contributed by atoms with Crippen molar-refractivity contribution in [1.82, 2.24) is 10.2 Å². The summed E-state index contributed by atoms with van der Waals surface area (Å²) in [6.45, 7) is 8.99. The highest BCUT2D eigenvalue weighted by atomic mass is 16.4. The van der Waals surface area contributed by atoms with E-state index in [-0.39, 0.29) is 29.4 Å². The maximum absolute atomic E-state index is 12.2. The number of piperidine rings is 1. The highest BCUT2D eigenvalue weighted by Crippen LogP contribution is 2.36. The first-order chi connectivity index (χ1) is 11.5. The second-order valence-electron chi connectivity index (χ2n) is 8.87. The number of carbonyl (C=O) groups is 2. The summed E-state index contributed by atoms with van der Waals surface area (Å²) in [6, 6.07) is 0.254. The minimum Gasteiger partial charge on any atom is -0.481 e. The molecule has 0 bridgehead atoms. The molecule has 1 aliphatic rings. The second-order valence-corrected chi connectivity index (χ2v) is 8.87. The molecular weight excluding hydrogens is 316 g/mol. The van der Waals surface area contributed by atoms with E-state index < -0.39 is 5.97 Å². The molecule has 0 aliphatic carbocycles. The predicted octanol–water partition coefficient (Wildman–Crippen LogP) is 3.96. The van der Waals surface area contributed by atoms with E-state index in [2.05, 4.69) is 45.0 Å². The summed E-state index contributed by atoms with van der Waals surface area (Å²) in [7, 11) is 2.18. The van der Waals surface area contributed by atoms with Crippen molar-refractivity contribution in [1.29, 1.82) is 0 Å². The highest BCUT2D eigenvalue weighted by molar-refractivity contribution is 5.76. The molecule has 1 rings (SSSR count). The smallest absolute Gasteiger partial charge is 0.303 e. The lowest BCUT2D eigenvalue weighted by atomic mass is 9.77. The molecule has 25 heavy (non-hydrogen) atoms. The summed E-state index contributed by atoms with van der Waals surface area (Å²) < 4.78 is 0. The van der Waals surface area contributed by atoms with Crippen molar-refractivity contribution in [3.63, 3.8) is 0 Å². The van der Waals surface area contributed by atoms with Crippen LogP contribution in [-0.4, -0.2) is 46.1 Å². The van der Waals surface area contributed by atoms with Crippen LogP contribution in [0.4, 0.5) is 0 Å². The Balaban J connectivity index is 2.19. The van der Waals surface area contributed by atoms with E-state index in [1.807, 2.05) is 0 Å². The van der Waals surface area contributed by atoms with Crippen LogP contribution in [0, 0.1) is 0 Å². The molecular formula is C20H38N2O3. The first-order valence-electron chi connectivity index (χ1n) is 9.80. The molecule has 0 spiro atoms. The highest BCUT2D eigenvalue weighted by Gasteiger charge is 2.43. The molecule has 1 aliphatic heterocycles. The third-order valence-corrected chi connectivity index (χ3v) is 5.72. The Bertz CT molecular complexity index is 428. The van der Waals surface area contributed by atoms with Crippen LogP contribution in [0.1, 0.15) is 91.9 Å². The van der Waals surface area contributed by atoms with Crippen LogP contribution < -0.4 is 5.32 Å². The van der Waals surface area contributed by atoms with Gasteiger partial charge in [-0.25, -0.2) is 0 Å². The minimum absolute atomic E-state index is 0.0929. The van der Waals surface area contributed by atoms with Crippen LogP contribution in [0.5, 0.6) is 0 Å². The number of unbranched alkanes of at least 4 members (excludes halogenated alkanes) is 5. The number of rotatable bonds is 10. The normalized spacial score (nSPS) is 20.4. The summed E-state index contributed by atoms with van der Waals surface area (Å²) in [6.07, 6.45) is 8.69.